The summed E-state index contributed by atoms with van der Waals surface area (Å²) in [7, 11) is 0. The number of nitrogens with two attached hydrogens (primary N) is 5. The highest BCUT2D eigenvalue weighted by Crippen LogP contribution is 2.07. The van der Waals surface area contributed by atoms with E-state index in [1.807, 2.05) is 0 Å². The summed E-state index contributed by atoms with van der Waals surface area (Å²) in [5.41, 5.74) is 27.2. The van der Waals surface area contributed by atoms with E-state index in [4.69, 9.17) is 28.7 Å². The zero-order valence-corrected chi connectivity index (χ0v) is 20.5. The van der Waals surface area contributed by atoms with Crippen molar-refractivity contribution in [1.29, 1.82) is 0 Å². The van der Waals surface area contributed by atoms with Gasteiger partial charge in [-0.3, -0.25) is 19.4 Å². The molecule has 0 aliphatic heterocycles. The molecule has 4 unspecified atom stereocenters. The van der Waals surface area contributed by atoms with Crippen LogP contribution in [0.25, 0.3) is 0 Å². The number of unbranched alkanes of at least 4 members (excludes halogenated alkanes) is 2. The Labute approximate surface area is 206 Å². The maximum atomic E-state index is 13.0. The number of carboxylic acids is 1. The molecule has 202 valence electrons. The summed E-state index contributed by atoms with van der Waals surface area (Å²) >= 11 is 0. The SMILES string of the molecule is CC(N)C(=O)NC(CCCN=C(N)N)C(=O)NC(CCCCN)C(=O)NC(CCCCN)C(=O)O. The van der Waals surface area contributed by atoms with Gasteiger partial charge in [0.2, 0.25) is 17.7 Å². The molecule has 0 saturated carbocycles. The number of guanidine groups is 1. The van der Waals surface area contributed by atoms with E-state index in [1.165, 1.54) is 6.92 Å². The lowest BCUT2D eigenvalue weighted by molar-refractivity contribution is -0.142. The van der Waals surface area contributed by atoms with E-state index >= 15 is 0 Å². The lowest BCUT2D eigenvalue weighted by atomic mass is 10.0. The number of carbonyl (C=O) groups is 4. The minimum absolute atomic E-state index is 0.0956. The first kappa shape index (κ1) is 32.0. The molecule has 0 aromatic rings. The number of hydrogen-bond acceptors (Lipinski definition) is 8. The lowest BCUT2D eigenvalue weighted by Crippen LogP contribution is -2.56. The van der Waals surface area contributed by atoms with Gasteiger partial charge in [0.1, 0.15) is 18.1 Å². The topological polar surface area (TPSA) is 267 Å². The molecule has 0 fully saturated rings. The van der Waals surface area contributed by atoms with Crippen LogP contribution in [0.4, 0.5) is 0 Å². The molecule has 14 N–H and O–H groups in total. The predicted molar refractivity (Wildman–Crippen MR) is 133 cm³/mol. The van der Waals surface area contributed by atoms with Gasteiger partial charge in [0, 0.05) is 6.54 Å². The lowest BCUT2D eigenvalue weighted by Gasteiger charge is -2.25. The summed E-state index contributed by atoms with van der Waals surface area (Å²) in [6.45, 7) is 2.53. The van der Waals surface area contributed by atoms with Crippen molar-refractivity contribution in [1.82, 2.24) is 16.0 Å². The number of hydrogen-bond donors (Lipinski definition) is 9. The van der Waals surface area contributed by atoms with Gasteiger partial charge in [-0.15, -0.1) is 0 Å². The third kappa shape index (κ3) is 14.8. The Kier molecular flexibility index (Phi) is 16.8. The number of amides is 3. The molecular formula is C21H43N9O5. The minimum Gasteiger partial charge on any atom is -0.480 e. The highest BCUT2D eigenvalue weighted by atomic mass is 16.4. The van der Waals surface area contributed by atoms with E-state index in [0.29, 0.717) is 45.2 Å². The monoisotopic (exact) mass is 501 g/mol. The Bertz CT molecular complexity index is 699. The molecule has 0 spiro atoms. The van der Waals surface area contributed by atoms with E-state index in [-0.39, 0.29) is 31.8 Å². The van der Waals surface area contributed by atoms with Crippen LogP contribution in [0.1, 0.15) is 58.3 Å². The molecule has 0 aromatic heterocycles. The van der Waals surface area contributed by atoms with Crippen molar-refractivity contribution in [2.75, 3.05) is 19.6 Å². The Morgan fingerprint density at radius 3 is 1.60 bits per heavy atom. The van der Waals surface area contributed by atoms with E-state index < -0.39 is 47.9 Å². The highest BCUT2D eigenvalue weighted by molar-refractivity contribution is 5.94. The highest BCUT2D eigenvalue weighted by Gasteiger charge is 2.29. The number of nitrogens with one attached hydrogen (secondary N) is 3. The Hall–Kier alpha value is -2.97. The number of carboxylic acid groups (broad SMARTS) is 1. The Morgan fingerprint density at radius 2 is 1.17 bits per heavy atom. The largest absolute Gasteiger partial charge is 0.480 e. The van der Waals surface area contributed by atoms with Crippen molar-refractivity contribution in [3.05, 3.63) is 0 Å². The molecule has 0 aliphatic rings. The third-order valence-electron chi connectivity index (χ3n) is 5.13. The van der Waals surface area contributed by atoms with Crippen LogP contribution in [-0.2, 0) is 19.2 Å². The zero-order chi connectivity index (χ0) is 26.8. The Morgan fingerprint density at radius 1 is 0.743 bits per heavy atom. The molecule has 0 aromatic carbocycles. The number of rotatable bonds is 19. The second kappa shape index (κ2) is 18.4. The summed E-state index contributed by atoms with van der Waals surface area (Å²) in [6.07, 6.45) is 3.31. The molecule has 14 heteroatoms. The zero-order valence-electron chi connectivity index (χ0n) is 20.5. The van der Waals surface area contributed by atoms with E-state index in [9.17, 15) is 24.3 Å². The van der Waals surface area contributed by atoms with Crippen molar-refractivity contribution in [3.63, 3.8) is 0 Å². The van der Waals surface area contributed by atoms with Gasteiger partial charge < -0.3 is 49.7 Å². The molecule has 0 radical (unpaired) electrons. The standard InChI is InChI=1S/C21H43N9O5/c1-13(24)17(31)28-15(9-6-12-27-21(25)26)18(32)29-14(7-2-4-10-22)19(33)30-16(20(34)35)8-3-5-11-23/h13-16H,2-12,22-24H2,1H3,(H,28,31)(H,29,32)(H,30,33)(H,34,35)(H4,25,26,27). The fourth-order valence-electron chi connectivity index (χ4n) is 3.13. The number of nitrogens with zero attached hydrogens (tertiary/aromatic N) is 1. The third-order valence-corrected chi connectivity index (χ3v) is 5.13. The maximum Gasteiger partial charge on any atom is 0.326 e. The van der Waals surface area contributed by atoms with Gasteiger partial charge in [0.15, 0.2) is 5.96 Å². The molecule has 14 nitrogen and oxygen atoms in total. The van der Waals surface area contributed by atoms with Crippen LogP contribution in [0.15, 0.2) is 4.99 Å². The summed E-state index contributed by atoms with van der Waals surface area (Å²) in [4.78, 5) is 53.5. The van der Waals surface area contributed by atoms with Crippen molar-refractivity contribution in [3.8, 4) is 0 Å². The van der Waals surface area contributed by atoms with Gasteiger partial charge in [-0.25, -0.2) is 4.79 Å². The maximum absolute atomic E-state index is 13.0. The molecule has 0 heterocycles. The summed E-state index contributed by atoms with van der Waals surface area (Å²) in [6, 6.07) is -3.97. The molecule has 0 aliphatic carbocycles. The summed E-state index contributed by atoms with van der Waals surface area (Å²) in [5.74, 6) is -3.05. The second-order valence-corrected chi connectivity index (χ2v) is 8.33. The molecule has 35 heavy (non-hydrogen) atoms. The molecule has 0 saturated heterocycles. The van der Waals surface area contributed by atoms with Crippen LogP contribution in [0.5, 0.6) is 0 Å². The fraction of sp³-hybridized carbons (Fsp3) is 0.762. The van der Waals surface area contributed by atoms with Crippen LogP contribution in [0.3, 0.4) is 0 Å². The smallest absolute Gasteiger partial charge is 0.326 e. The van der Waals surface area contributed by atoms with Crippen molar-refractivity contribution < 1.29 is 24.3 Å². The van der Waals surface area contributed by atoms with Gasteiger partial charge in [0.25, 0.3) is 0 Å². The first-order valence-corrected chi connectivity index (χ1v) is 11.9. The van der Waals surface area contributed by atoms with Crippen molar-refractivity contribution >= 4 is 29.7 Å². The van der Waals surface area contributed by atoms with Gasteiger partial charge in [0.05, 0.1) is 6.04 Å². The van der Waals surface area contributed by atoms with Crippen LogP contribution < -0.4 is 44.6 Å². The van der Waals surface area contributed by atoms with Crippen LogP contribution in [0.2, 0.25) is 0 Å². The first-order valence-electron chi connectivity index (χ1n) is 11.9. The molecule has 0 rings (SSSR count). The normalized spacial score (nSPS) is 14.2. The Balaban J connectivity index is 5.44. The number of aliphatic imine (C=N–C) groups is 1. The van der Waals surface area contributed by atoms with E-state index in [0.717, 1.165) is 0 Å². The molecule has 0 bridgehead atoms. The van der Waals surface area contributed by atoms with Crippen LogP contribution in [0, 0.1) is 0 Å². The van der Waals surface area contributed by atoms with Gasteiger partial charge >= 0.3 is 5.97 Å². The van der Waals surface area contributed by atoms with Gasteiger partial charge in [-0.05, 0) is 71.4 Å². The van der Waals surface area contributed by atoms with Gasteiger partial charge in [-0.2, -0.15) is 0 Å². The number of aliphatic carboxylic acids is 1. The molecule has 3 amide bonds. The predicted octanol–water partition coefficient (Wildman–Crippen LogP) is -2.82. The van der Waals surface area contributed by atoms with Crippen LogP contribution >= 0.6 is 0 Å². The van der Waals surface area contributed by atoms with Crippen molar-refractivity contribution in [2.24, 2.45) is 33.7 Å². The van der Waals surface area contributed by atoms with Crippen molar-refractivity contribution in [2.45, 2.75) is 82.5 Å². The summed E-state index contributed by atoms with van der Waals surface area (Å²) in [5, 5.41) is 17.2. The second-order valence-electron chi connectivity index (χ2n) is 8.33. The van der Waals surface area contributed by atoms with Crippen LogP contribution in [-0.4, -0.2) is 78.6 Å². The average Bonchev–Trinajstić information content (AvgIpc) is 2.79. The van der Waals surface area contributed by atoms with E-state index in [1.54, 1.807) is 0 Å². The minimum atomic E-state index is -1.18. The fourth-order valence-corrected chi connectivity index (χ4v) is 3.13. The quantitative estimate of drug-likeness (QED) is 0.0497. The number of carbonyl (C=O) groups excluding carboxylic acids is 3. The molecule has 4 atom stereocenters. The molecular weight excluding hydrogens is 458 g/mol. The first-order chi connectivity index (χ1) is 16.5. The average molecular weight is 502 g/mol. The van der Waals surface area contributed by atoms with Gasteiger partial charge in [-0.1, -0.05) is 0 Å². The summed E-state index contributed by atoms with van der Waals surface area (Å²) < 4.78 is 0. The van der Waals surface area contributed by atoms with E-state index in [2.05, 4.69) is 20.9 Å².